The molecule has 6 heteroatoms. The largest absolute Gasteiger partial charge is 0.398 e. The molecule has 0 aliphatic carbocycles. The predicted molar refractivity (Wildman–Crippen MR) is 77.8 cm³/mol. The molecule has 106 valence electrons. The number of aromatic nitrogens is 3. The van der Waals surface area contributed by atoms with Crippen LogP contribution < -0.4 is 11.1 Å². The van der Waals surface area contributed by atoms with Gasteiger partial charge in [0.2, 0.25) is 5.91 Å². The number of aryl methyl sites for hydroxylation is 1. The Hall–Kier alpha value is -2.37. The van der Waals surface area contributed by atoms with Crippen LogP contribution in [0.4, 0.5) is 5.69 Å². The van der Waals surface area contributed by atoms with Crippen molar-refractivity contribution in [2.75, 3.05) is 5.73 Å². The highest BCUT2D eigenvalue weighted by molar-refractivity contribution is 5.76. The van der Waals surface area contributed by atoms with Gasteiger partial charge in [-0.2, -0.15) is 0 Å². The van der Waals surface area contributed by atoms with Gasteiger partial charge in [-0.15, -0.1) is 0 Å². The van der Waals surface area contributed by atoms with E-state index in [1.54, 1.807) is 31.0 Å². The lowest BCUT2D eigenvalue weighted by Gasteiger charge is -2.11. The van der Waals surface area contributed by atoms with Gasteiger partial charge in [-0.25, -0.2) is 4.98 Å². The lowest BCUT2D eigenvalue weighted by Crippen LogP contribution is -2.30. The van der Waals surface area contributed by atoms with Crippen LogP contribution in [0.5, 0.6) is 0 Å². The van der Waals surface area contributed by atoms with Crippen LogP contribution in [0.1, 0.15) is 20.3 Å². The summed E-state index contributed by atoms with van der Waals surface area (Å²) in [6, 6.07) is 1.90. The first-order valence-electron chi connectivity index (χ1n) is 6.57. The van der Waals surface area contributed by atoms with Crippen molar-refractivity contribution in [1.82, 2.24) is 19.9 Å². The van der Waals surface area contributed by atoms with Crippen LogP contribution >= 0.6 is 0 Å². The molecule has 0 unspecified atom stereocenters. The molecular weight excluding hydrogens is 254 g/mol. The van der Waals surface area contributed by atoms with E-state index in [0.717, 1.165) is 11.3 Å². The second kappa shape index (κ2) is 6.18. The van der Waals surface area contributed by atoms with E-state index in [9.17, 15) is 4.79 Å². The zero-order valence-electron chi connectivity index (χ0n) is 11.7. The number of nitrogen functional groups attached to an aromatic ring is 1. The fraction of sp³-hybridized carbons (Fsp3) is 0.357. The average Bonchev–Trinajstić information content (AvgIpc) is 2.84. The molecule has 0 spiro atoms. The number of amides is 1. The number of carbonyl (C=O) groups excluding carboxylic acids is 1. The molecule has 0 atom stereocenters. The third-order valence-electron chi connectivity index (χ3n) is 2.87. The Balaban J connectivity index is 2.10. The van der Waals surface area contributed by atoms with Crippen LogP contribution in [0, 0.1) is 0 Å². The minimum atomic E-state index is 0.0267. The molecule has 0 radical (unpaired) electrons. The first kappa shape index (κ1) is 14.0. The summed E-state index contributed by atoms with van der Waals surface area (Å²) in [6.07, 6.45) is 7.19. The first-order chi connectivity index (χ1) is 9.58. The Morgan fingerprint density at radius 2 is 2.20 bits per heavy atom. The van der Waals surface area contributed by atoms with Crippen molar-refractivity contribution in [2.45, 2.75) is 32.9 Å². The van der Waals surface area contributed by atoms with E-state index in [1.165, 1.54) is 0 Å². The summed E-state index contributed by atoms with van der Waals surface area (Å²) in [4.78, 5) is 19.9. The molecule has 0 aliphatic rings. The fourth-order valence-electron chi connectivity index (χ4n) is 1.96. The van der Waals surface area contributed by atoms with Gasteiger partial charge in [0, 0.05) is 42.7 Å². The Bertz CT molecular complexity index is 591. The van der Waals surface area contributed by atoms with Crippen LogP contribution in [-0.2, 0) is 11.3 Å². The van der Waals surface area contributed by atoms with Crippen molar-refractivity contribution in [3.05, 3.63) is 31.0 Å². The Morgan fingerprint density at radius 1 is 1.40 bits per heavy atom. The molecule has 0 saturated carbocycles. The second-order valence-corrected chi connectivity index (χ2v) is 4.91. The molecule has 2 heterocycles. The van der Waals surface area contributed by atoms with Gasteiger partial charge in [-0.05, 0) is 19.9 Å². The van der Waals surface area contributed by atoms with E-state index in [2.05, 4.69) is 15.3 Å². The predicted octanol–water partition coefficient (Wildman–Crippen LogP) is 1.44. The maximum Gasteiger partial charge on any atom is 0.221 e. The number of nitrogens with zero attached hydrogens (tertiary/aromatic N) is 3. The molecule has 0 saturated heterocycles. The summed E-state index contributed by atoms with van der Waals surface area (Å²) < 4.78 is 1.91. The number of rotatable bonds is 5. The monoisotopic (exact) mass is 273 g/mol. The number of carbonyl (C=O) groups is 1. The number of hydrogen-bond donors (Lipinski definition) is 2. The summed E-state index contributed by atoms with van der Waals surface area (Å²) in [7, 11) is 0. The molecule has 2 aromatic heterocycles. The second-order valence-electron chi connectivity index (χ2n) is 4.91. The topological polar surface area (TPSA) is 85.8 Å². The van der Waals surface area contributed by atoms with Crippen LogP contribution in [0.15, 0.2) is 31.0 Å². The first-order valence-corrected chi connectivity index (χ1v) is 6.57. The van der Waals surface area contributed by atoms with Crippen molar-refractivity contribution in [1.29, 1.82) is 0 Å². The van der Waals surface area contributed by atoms with Crippen LogP contribution in [0.2, 0.25) is 0 Å². The van der Waals surface area contributed by atoms with Crippen LogP contribution in [-0.4, -0.2) is 26.5 Å². The smallest absolute Gasteiger partial charge is 0.221 e. The minimum Gasteiger partial charge on any atom is -0.398 e. The number of anilines is 1. The van der Waals surface area contributed by atoms with Crippen LogP contribution in [0.3, 0.4) is 0 Å². The molecule has 0 bridgehead atoms. The number of hydrogen-bond acceptors (Lipinski definition) is 4. The molecular formula is C14H19N5O. The summed E-state index contributed by atoms with van der Waals surface area (Å²) in [5.74, 6) is 0.0267. The van der Waals surface area contributed by atoms with Crippen molar-refractivity contribution in [3.8, 4) is 11.3 Å². The molecule has 0 aliphatic heterocycles. The average molecular weight is 273 g/mol. The third-order valence-corrected chi connectivity index (χ3v) is 2.87. The van der Waals surface area contributed by atoms with Crippen molar-refractivity contribution < 1.29 is 4.79 Å². The van der Waals surface area contributed by atoms with Gasteiger partial charge >= 0.3 is 0 Å². The van der Waals surface area contributed by atoms with E-state index in [1.807, 2.05) is 18.4 Å². The summed E-state index contributed by atoms with van der Waals surface area (Å²) in [5, 5.41) is 2.87. The standard InChI is InChI=1S/C14H19N5O/c1-10(2)18-14(20)4-6-19-9-17-8-13(19)11-7-16-5-3-12(11)15/h3,5,7-10H,4,6H2,1-2H3,(H2,15,16)(H,18,20). The van der Waals surface area contributed by atoms with Crippen molar-refractivity contribution in [2.24, 2.45) is 0 Å². The molecule has 1 amide bonds. The van der Waals surface area contributed by atoms with Gasteiger partial charge in [0.1, 0.15) is 0 Å². The SMILES string of the molecule is CC(C)NC(=O)CCn1cncc1-c1cnccc1N. The number of pyridine rings is 1. The quantitative estimate of drug-likeness (QED) is 0.863. The maximum absolute atomic E-state index is 11.7. The molecule has 20 heavy (non-hydrogen) atoms. The minimum absolute atomic E-state index is 0.0267. The third kappa shape index (κ3) is 3.34. The molecule has 2 aromatic rings. The highest BCUT2D eigenvalue weighted by Crippen LogP contribution is 2.24. The van der Waals surface area contributed by atoms with Gasteiger partial charge in [0.05, 0.1) is 18.2 Å². The lowest BCUT2D eigenvalue weighted by molar-refractivity contribution is -0.121. The fourth-order valence-corrected chi connectivity index (χ4v) is 1.96. The summed E-state index contributed by atoms with van der Waals surface area (Å²) in [6.45, 7) is 4.44. The zero-order valence-corrected chi connectivity index (χ0v) is 11.7. The molecule has 2 rings (SSSR count). The van der Waals surface area contributed by atoms with E-state index in [-0.39, 0.29) is 11.9 Å². The molecule has 0 aromatic carbocycles. The molecule has 6 nitrogen and oxygen atoms in total. The van der Waals surface area contributed by atoms with Crippen LogP contribution in [0.25, 0.3) is 11.3 Å². The van der Waals surface area contributed by atoms with Gasteiger partial charge in [-0.1, -0.05) is 0 Å². The normalized spacial score (nSPS) is 10.8. The van der Waals surface area contributed by atoms with Crippen molar-refractivity contribution in [3.63, 3.8) is 0 Å². The highest BCUT2D eigenvalue weighted by atomic mass is 16.1. The van der Waals surface area contributed by atoms with E-state index in [0.29, 0.717) is 18.7 Å². The van der Waals surface area contributed by atoms with Gasteiger partial charge in [-0.3, -0.25) is 9.78 Å². The summed E-state index contributed by atoms with van der Waals surface area (Å²) >= 11 is 0. The number of nitrogens with two attached hydrogens (primary N) is 1. The Morgan fingerprint density at radius 3 is 2.90 bits per heavy atom. The molecule has 0 fully saturated rings. The maximum atomic E-state index is 11.7. The van der Waals surface area contributed by atoms with E-state index in [4.69, 9.17) is 5.73 Å². The molecule has 3 N–H and O–H groups in total. The van der Waals surface area contributed by atoms with Gasteiger partial charge in [0.15, 0.2) is 0 Å². The lowest BCUT2D eigenvalue weighted by atomic mass is 10.2. The van der Waals surface area contributed by atoms with E-state index < -0.39 is 0 Å². The van der Waals surface area contributed by atoms with Gasteiger partial charge < -0.3 is 15.6 Å². The number of imidazole rings is 1. The highest BCUT2D eigenvalue weighted by Gasteiger charge is 2.10. The summed E-state index contributed by atoms with van der Waals surface area (Å²) in [5.41, 5.74) is 8.29. The Labute approximate surface area is 118 Å². The van der Waals surface area contributed by atoms with Crippen molar-refractivity contribution >= 4 is 11.6 Å². The van der Waals surface area contributed by atoms with E-state index >= 15 is 0 Å². The number of nitrogens with one attached hydrogen (secondary N) is 1. The Kier molecular flexibility index (Phi) is 4.34. The van der Waals surface area contributed by atoms with Gasteiger partial charge in [0.25, 0.3) is 0 Å². The zero-order chi connectivity index (χ0) is 14.5.